The summed E-state index contributed by atoms with van der Waals surface area (Å²) in [6, 6.07) is -0.509. The van der Waals surface area contributed by atoms with Gasteiger partial charge in [0.1, 0.15) is 6.04 Å². The van der Waals surface area contributed by atoms with Gasteiger partial charge in [0.2, 0.25) is 5.91 Å². The molecule has 0 aliphatic carbocycles. The van der Waals surface area contributed by atoms with E-state index in [-0.39, 0.29) is 11.8 Å². The van der Waals surface area contributed by atoms with Gasteiger partial charge in [0, 0.05) is 7.05 Å². The highest BCUT2D eigenvalue weighted by molar-refractivity contribution is 5.81. The first-order valence-electron chi connectivity index (χ1n) is 3.24. The van der Waals surface area contributed by atoms with Crippen LogP contribution < -0.4 is 10.8 Å². The second-order valence-electron chi connectivity index (χ2n) is 2.47. The molecule has 4 nitrogen and oxygen atoms in total. The molecule has 0 bridgehead atoms. The van der Waals surface area contributed by atoms with Gasteiger partial charge in [-0.1, -0.05) is 13.8 Å². The van der Waals surface area contributed by atoms with Gasteiger partial charge in [0.05, 0.1) is 0 Å². The Morgan fingerprint density at radius 1 is 1.50 bits per heavy atom. The van der Waals surface area contributed by atoms with Gasteiger partial charge in [-0.2, -0.15) is 5.48 Å². The van der Waals surface area contributed by atoms with Crippen LogP contribution >= 0.6 is 0 Å². The first kappa shape index (κ1) is 9.39. The molecule has 0 aromatic carbocycles. The molecule has 0 aromatic rings. The summed E-state index contributed by atoms with van der Waals surface area (Å²) in [5.74, 6) is -0.109. The van der Waals surface area contributed by atoms with Crippen molar-refractivity contribution in [2.45, 2.75) is 19.9 Å². The van der Waals surface area contributed by atoms with E-state index in [2.05, 4.69) is 5.32 Å². The van der Waals surface area contributed by atoms with Gasteiger partial charge in [-0.25, -0.2) is 0 Å². The fourth-order valence-electron chi connectivity index (χ4n) is 0.666. The average Bonchev–Trinajstić information content (AvgIpc) is 1.88. The molecule has 0 saturated heterocycles. The van der Waals surface area contributed by atoms with Crippen molar-refractivity contribution in [2.24, 2.45) is 5.92 Å². The zero-order valence-electron chi connectivity index (χ0n) is 6.51. The molecule has 0 fully saturated rings. The molecule has 1 atom stereocenters. The molecule has 0 heterocycles. The molecule has 3 N–H and O–H groups in total. The summed E-state index contributed by atoms with van der Waals surface area (Å²) in [6.45, 7) is 3.70. The van der Waals surface area contributed by atoms with E-state index in [0.717, 1.165) is 0 Å². The quantitative estimate of drug-likeness (QED) is 0.480. The van der Waals surface area contributed by atoms with E-state index >= 15 is 0 Å². The monoisotopic (exact) mass is 146 g/mol. The number of likely N-dealkylation sites (N-methyl/N-ethyl adjacent to an activating group) is 1. The van der Waals surface area contributed by atoms with E-state index in [1.165, 1.54) is 7.05 Å². The molecule has 0 aliphatic rings. The molecule has 4 heteroatoms. The Morgan fingerprint density at radius 3 is 2.10 bits per heavy atom. The van der Waals surface area contributed by atoms with E-state index < -0.39 is 6.04 Å². The molecule has 0 aliphatic heterocycles. The number of rotatable bonds is 3. The molecule has 0 unspecified atom stereocenters. The summed E-state index contributed by atoms with van der Waals surface area (Å²) in [4.78, 5) is 10.9. The summed E-state index contributed by atoms with van der Waals surface area (Å²) in [6.07, 6.45) is 0. The number of carbonyl (C=O) groups excluding carboxylic acids is 1. The number of nitrogens with one attached hydrogen (secondary N) is 2. The summed E-state index contributed by atoms with van der Waals surface area (Å²) >= 11 is 0. The second kappa shape index (κ2) is 4.24. The van der Waals surface area contributed by atoms with Crippen LogP contribution in [0.4, 0.5) is 0 Å². The molecular formula is C6H14N2O2. The van der Waals surface area contributed by atoms with Crippen molar-refractivity contribution in [1.82, 2.24) is 10.8 Å². The number of hydrogen-bond acceptors (Lipinski definition) is 3. The molecule has 0 saturated carbocycles. The molecule has 0 spiro atoms. The highest BCUT2D eigenvalue weighted by atomic mass is 16.5. The van der Waals surface area contributed by atoms with Crippen LogP contribution in [0.3, 0.4) is 0 Å². The van der Waals surface area contributed by atoms with E-state index in [0.29, 0.717) is 0 Å². The Kier molecular flexibility index (Phi) is 3.99. The van der Waals surface area contributed by atoms with Crippen LogP contribution in [0, 0.1) is 5.92 Å². The fourth-order valence-corrected chi connectivity index (χ4v) is 0.666. The predicted molar refractivity (Wildman–Crippen MR) is 37.6 cm³/mol. The van der Waals surface area contributed by atoms with Crippen LogP contribution in [0.25, 0.3) is 0 Å². The van der Waals surface area contributed by atoms with Gasteiger partial charge in [-0.15, -0.1) is 0 Å². The molecular weight excluding hydrogens is 132 g/mol. The zero-order valence-corrected chi connectivity index (χ0v) is 6.51. The van der Waals surface area contributed by atoms with Crippen LogP contribution in [0.5, 0.6) is 0 Å². The third-order valence-corrected chi connectivity index (χ3v) is 1.33. The lowest BCUT2D eigenvalue weighted by Crippen LogP contribution is -2.44. The van der Waals surface area contributed by atoms with Crippen molar-refractivity contribution >= 4 is 5.91 Å². The van der Waals surface area contributed by atoms with Crippen LogP contribution in [-0.2, 0) is 4.79 Å². The molecule has 10 heavy (non-hydrogen) atoms. The van der Waals surface area contributed by atoms with Gasteiger partial charge in [-0.3, -0.25) is 4.79 Å². The minimum atomic E-state index is -0.509. The highest BCUT2D eigenvalue weighted by Gasteiger charge is 2.18. The lowest BCUT2D eigenvalue weighted by molar-refractivity contribution is -0.126. The van der Waals surface area contributed by atoms with Crippen molar-refractivity contribution in [2.75, 3.05) is 7.05 Å². The van der Waals surface area contributed by atoms with E-state index in [1.54, 1.807) is 0 Å². The Hall–Kier alpha value is -0.610. The van der Waals surface area contributed by atoms with Gasteiger partial charge in [-0.05, 0) is 5.92 Å². The second-order valence-corrected chi connectivity index (χ2v) is 2.47. The third-order valence-electron chi connectivity index (χ3n) is 1.33. The van der Waals surface area contributed by atoms with Crippen molar-refractivity contribution < 1.29 is 10.0 Å². The maximum absolute atomic E-state index is 10.9. The standard InChI is InChI=1S/C6H14N2O2/c1-4(2)5(8-10)6(9)7-3/h4-5,8,10H,1-3H3,(H,7,9)/t5-/m0/s1. The Morgan fingerprint density at radius 2 is 2.00 bits per heavy atom. The number of hydroxylamine groups is 1. The van der Waals surface area contributed by atoms with Gasteiger partial charge in [0.25, 0.3) is 0 Å². The van der Waals surface area contributed by atoms with Crippen molar-refractivity contribution in [3.05, 3.63) is 0 Å². The zero-order chi connectivity index (χ0) is 8.15. The minimum Gasteiger partial charge on any atom is -0.358 e. The first-order chi connectivity index (χ1) is 4.63. The maximum Gasteiger partial charge on any atom is 0.239 e. The van der Waals surface area contributed by atoms with Crippen molar-refractivity contribution in [3.63, 3.8) is 0 Å². The summed E-state index contributed by atoms with van der Waals surface area (Å²) in [7, 11) is 1.54. The largest absolute Gasteiger partial charge is 0.358 e. The summed E-state index contributed by atoms with van der Waals surface area (Å²) in [5, 5.41) is 10.9. The minimum absolute atomic E-state index is 0.0879. The summed E-state index contributed by atoms with van der Waals surface area (Å²) < 4.78 is 0. The number of hydrogen-bond donors (Lipinski definition) is 3. The lowest BCUT2D eigenvalue weighted by Gasteiger charge is -2.16. The van der Waals surface area contributed by atoms with Gasteiger partial charge >= 0.3 is 0 Å². The van der Waals surface area contributed by atoms with Crippen molar-refractivity contribution in [1.29, 1.82) is 0 Å². The third kappa shape index (κ3) is 2.33. The topological polar surface area (TPSA) is 61.4 Å². The van der Waals surface area contributed by atoms with Crippen LogP contribution in [-0.4, -0.2) is 24.2 Å². The Balaban J connectivity index is 3.93. The fraction of sp³-hybridized carbons (Fsp3) is 0.833. The SMILES string of the molecule is CNC(=O)[C@@H](NO)C(C)C. The van der Waals surface area contributed by atoms with E-state index in [1.807, 2.05) is 19.3 Å². The van der Waals surface area contributed by atoms with Crippen molar-refractivity contribution in [3.8, 4) is 0 Å². The van der Waals surface area contributed by atoms with E-state index in [9.17, 15) is 4.79 Å². The Labute approximate surface area is 60.6 Å². The molecule has 60 valence electrons. The smallest absolute Gasteiger partial charge is 0.239 e. The highest BCUT2D eigenvalue weighted by Crippen LogP contribution is 1.99. The van der Waals surface area contributed by atoms with Gasteiger partial charge < -0.3 is 10.5 Å². The average molecular weight is 146 g/mol. The molecule has 1 amide bonds. The normalized spacial score (nSPS) is 13.3. The lowest BCUT2D eigenvalue weighted by atomic mass is 10.1. The van der Waals surface area contributed by atoms with Crippen LogP contribution in [0.2, 0.25) is 0 Å². The molecule has 0 radical (unpaired) electrons. The first-order valence-corrected chi connectivity index (χ1v) is 3.24. The van der Waals surface area contributed by atoms with E-state index in [4.69, 9.17) is 5.21 Å². The predicted octanol–water partition coefficient (Wildman–Crippen LogP) is -0.264. The molecule has 0 aromatic heterocycles. The number of carbonyl (C=O) groups is 1. The Bertz CT molecular complexity index is 114. The van der Waals surface area contributed by atoms with Crippen LogP contribution in [0.15, 0.2) is 0 Å². The summed E-state index contributed by atoms with van der Waals surface area (Å²) in [5.41, 5.74) is 1.94. The molecule has 0 rings (SSSR count). The maximum atomic E-state index is 10.9. The van der Waals surface area contributed by atoms with Crippen LogP contribution in [0.1, 0.15) is 13.8 Å². The number of amides is 1. The van der Waals surface area contributed by atoms with Gasteiger partial charge in [0.15, 0.2) is 0 Å².